The number of hydrogen-bond acceptors (Lipinski definition) is 10. The average molecular weight is 596 g/mol. The second kappa shape index (κ2) is 14.2. The van der Waals surface area contributed by atoms with E-state index in [0.717, 1.165) is 51.6 Å². The Balaban J connectivity index is 1.25. The topological polar surface area (TPSA) is 143 Å². The van der Waals surface area contributed by atoms with Crippen molar-refractivity contribution in [2.45, 2.75) is 24.7 Å². The number of thiazole rings is 1. The molecule has 11 nitrogen and oxygen atoms in total. The van der Waals surface area contributed by atoms with Gasteiger partial charge in [-0.25, -0.2) is 13.4 Å². The van der Waals surface area contributed by atoms with Gasteiger partial charge in [0, 0.05) is 70.8 Å². The SMILES string of the molecule is CCOc1cccc2sc(N3CCN(CCNC(=O)c4ccc(S(=O)(=O)N(CCC#N)CCC#N)cc4)CC3)nc12. The summed E-state index contributed by atoms with van der Waals surface area (Å²) in [5.74, 6) is 0.532. The number of carbonyl (C=O) groups is 1. The van der Waals surface area contributed by atoms with E-state index in [9.17, 15) is 13.2 Å². The highest BCUT2D eigenvalue weighted by molar-refractivity contribution is 7.89. The van der Waals surface area contributed by atoms with Crippen molar-refractivity contribution in [3.05, 3.63) is 48.0 Å². The van der Waals surface area contributed by atoms with E-state index in [1.807, 2.05) is 31.2 Å². The summed E-state index contributed by atoms with van der Waals surface area (Å²) in [5.41, 5.74) is 1.26. The van der Waals surface area contributed by atoms with E-state index < -0.39 is 10.0 Å². The Bertz CT molecular complexity index is 1500. The molecule has 1 aromatic heterocycles. The molecule has 41 heavy (non-hydrogen) atoms. The summed E-state index contributed by atoms with van der Waals surface area (Å²) in [7, 11) is -3.88. The maximum atomic E-state index is 13.0. The van der Waals surface area contributed by atoms with Crippen LogP contribution in [0.1, 0.15) is 30.1 Å². The van der Waals surface area contributed by atoms with E-state index >= 15 is 0 Å². The Morgan fingerprint density at radius 3 is 2.39 bits per heavy atom. The minimum Gasteiger partial charge on any atom is -0.492 e. The number of nitrogens with one attached hydrogen (secondary N) is 1. The van der Waals surface area contributed by atoms with Crippen LogP contribution in [-0.2, 0) is 10.0 Å². The number of sulfonamides is 1. The molecular weight excluding hydrogens is 562 g/mol. The third kappa shape index (κ3) is 7.51. The minimum absolute atomic E-state index is 0.00641. The highest BCUT2D eigenvalue weighted by Gasteiger charge is 2.24. The molecule has 4 rings (SSSR count). The van der Waals surface area contributed by atoms with Gasteiger partial charge in [0.1, 0.15) is 11.3 Å². The van der Waals surface area contributed by atoms with Gasteiger partial charge in [-0.05, 0) is 43.3 Å². The standard InChI is InChI=1S/C28H33N7O4S2/c1-2-39-24-6-3-7-25-26(24)32-28(40-25)34-20-18-33(19-21-34)17-14-31-27(36)22-8-10-23(11-9-22)41(37,38)35(15-4-12-29)16-5-13-30/h3,6-11H,2,4-5,14-21H2,1H3,(H,31,36). The summed E-state index contributed by atoms with van der Waals surface area (Å²) in [6.45, 7) is 7.13. The lowest BCUT2D eigenvalue weighted by atomic mass is 10.2. The number of nitrogens with zero attached hydrogens (tertiary/aromatic N) is 6. The zero-order chi connectivity index (χ0) is 29.2. The van der Waals surface area contributed by atoms with Crippen LogP contribution in [0.4, 0.5) is 5.13 Å². The summed E-state index contributed by atoms with van der Waals surface area (Å²) in [4.78, 5) is 22.1. The number of benzene rings is 2. The molecular formula is C28H33N7O4S2. The molecule has 0 saturated carbocycles. The number of nitriles is 2. The number of aromatic nitrogens is 1. The molecule has 2 heterocycles. The van der Waals surface area contributed by atoms with Crippen LogP contribution in [0.2, 0.25) is 0 Å². The van der Waals surface area contributed by atoms with Crippen molar-refractivity contribution in [3.8, 4) is 17.9 Å². The molecule has 1 saturated heterocycles. The van der Waals surface area contributed by atoms with Crippen LogP contribution < -0.4 is 15.0 Å². The van der Waals surface area contributed by atoms with Crippen LogP contribution in [0, 0.1) is 22.7 Å². The Hall–Kier alpha value is -3.75. The van der Waals surface area contributed by atoms with E-state index in [2.05, 4.69) is 21.2 Å². The molecule has 1 N–H and O–H groups in total. The summed E-state index contributed by atoms with van der Waals surface area (Å²) in [5, 5.41) is 21.6. The number of rotatable bonds is 13. The van der Waals surface area contributed by atoms with Gasteiger partial charge in [-0.3, -0.25) is 9.69 Å². The lowest BCUT2D eigenvalue weighted by Gasteiger charge is -2.34. The van der Waals surface area contributed by atoms with Crippen LogP contribution in [-0.4, -0.2) is 87.5 Å². The van der Waals surface area contributed by atoms with E-state index in [1.165, 1.54) is 24.3 Å². The lowest BCUT2D eigenvalue weighted by molar-refractivity contribution is 0.0947. The highest BCUT2D eigenvalue weighted by Crippen LogP contribution is 2.34. The first kappa shape index (κ1) is 30.2. The molecule has 1 fully saturated rings. The van der Waals surface area contributed by atoms with Gasteiger partial charge in [0.2, 0.25) is 10.0 Å². The molecule has 13 heteroatoms. The molecule has 1 amide bonds. The smallest absolute Gasteiger partial charge is 0.251 e. The maximum Gasteiger partial charge on any atom is 0.251 e. The fraction of sp³-hybridized carbons (Fsp3) is 0.429. The lowest BCUT2D eigenvalue weighted by Crippen LogP contribution is -2.48. The van der Waals surface area contributed by atoms with E-state index in [0.29, 0.717) is 25.3 Å². The Labute approximate surface area is 244 Å². The largest absolute Gasteiger partial charge is 0.492 e. The molecule has 0 unspecified atom stereocenters. The molecule has 3 aromatic rings. The number of hydrogen-bond donors (Lipinski definition) is 1. The molecule has 1 aliphatic rings. The van der Waals surface area contributed by atoms with Crippen molar-refractivity contribution in [2.24, 2.45) is 0 Å². The minimum atomic E-state index is -3.88. The number of ether oxygens (including phenoxy) is 1. The monoisotopic (exact) mass is 595 g/mol. The van der Waals surface area contributed by atoms with E-state index in [1.54, 1.807) is 11.3 Å². The van der Waals surface area contributed by atoms with Crippen molar-refractivity contribution in [2.75, 3.05) is 63.9 Å². The number of piperazine rings is 1. The van der Waals surface area contributed by atoms with Crippen LogP contribution in [0.15, 0.2) is 47.4 Å². The van der Waals surface area contributed by atoms with Gasteiger partial charge in [-0.15, -0.1) is 0 Å². The number of amides is 1. The molecule has 216 valence electrons. The van der Waals surface area contributed by atoms with Crippen molar-refractivity contribution in [1.82, 2.24) is 19.5 Å². The van der Waals surface area contributed by atoms with Crippen molar-refractivity contribution in [3.63, 3.8) is 0 Å². The van der Waals surface area contributed by atoms with Gasteiger partial charge in [-0.1, -0.05) is 17.4 Å². The summed E-state index contributed by atoms with van der Waals surface area (Å²) >= 11 is 1.67. The third-order valence-electron chi connectivity index (χ3n) is 6.73. The zero-order valence-corrected chi connectivity index (χ0v) is 24.6. The van der Waals surface area contributed by atoms with Crippen molar-refractivity contribution >= 4 is 42.6 Å². The van der Waals surface area contributed by atoms with Gasteiger partial charge in [0.25, 0.3) is 5.91 Å². The van der Waals surface area contributed by atoms with Crippen LogP contribution in [0.3, 0.4) is 0 Å². The first-order chi connectivity index (χ1) is 19.9. The average Bonchev–Trinajstić information content (AvgIpc) is 3.43. The molecule has 0 radical (unpaired) electrons. The molecule has 1 aliphatic heterocycles. The predicted octanol–water partition coefficient (Wildman–Crippen LogP) is 3.07. The maximum absolute atomic E-state index is 13.0. The second-order valence-corrected chi connectivity index (χ2v) is 12.3. The fourth-order valence-electron chi connectivity index (χ4n) is 4.54. The zero-order valence-electron chi connectivity index (χ0n) is 23.0. The Morgan fingerprint density at radius 2 is 1.76 bits per heavy atom. The van der Waals surface area contributed by atoms with Crippen molar-refractivity contribution in [1.29, 1.82) is 10.5 Å². The number of anilines is 1. The Morgan fingerprint density at radius 1 is 1.07 bits per heavy atom. The van der Waals surface area contributed by atoms with Gasteiger partial charge in [0.05, 0.1) is 28.3 Å². The summed E-state index contributed by atoms with van der Waals surface area (Å²) in [6, 6.07) is 15.6. The second-order valence-electron chi connectivity index (χ2n) is 9.36. The van der Waals surface area contributed by atoms with Crippen LogP contribution >= 0.6 is 11.3 Å². The van der Waals surface area contributed by atoms with Gasteiger partial charge in [0.15, 0.2) is 5.13 Å². The quantitative estimate of drug-likeness (QED) is 0.315. The molecule has 0 atom stereocenters. The highest BCUT2D eigenvalue weighted by atomic mass is 32.2. The van der Waals surface area contributed by atoms with Crippen molar-refractivity contribution < 1.29 is 17.9 Å². The van der Waals surface area contributed by atoms with Crippen LogP contribution in [0.5, 0.6) is 5.75 Å². The Kier molecular flexibility index (Phi) is 10.5. The fourth-order valence-corrected chi connectivity index (χ4v) is 7.02. The van der Waals surface area contributed by atoms with Gasteiger partial charge < -0.3 is 15.0 Å². The first-order valence-corrected chi connectivity index (χ1v) is 15.7. The van der Waals surface area contributed by atoms with Gasteiger partial charge >= 0.3 is 0 Å². The number of carbonyl (C=O) groups excluding carboxylic acids is 1. The first-order valence-electron chi connectivity index (χ1n) is 13.5. The normalized spacial score (nSPS) is 14.1. The number of fused-ring (bicyclic) bond motifs is 1. The molecule has 0 aliphatic carbocycles. The third-order valence-corrected chi connectivity index (χ3v) is 9.72. The summed E-state index contributed by atoms with van der Waals surface area (Å²) in [6.07, 6.45) is 0.0506. The van der Waals surface area contributed by atoms with E-state index in [-0.39, 0.29) is 36.7 Å². The van der Waals surface area contributed by atoms with Crippen LogP contribution in [0.25, 0.3) is 10.2 Å². The molecule has 0 spiro atoms. The number of para-hydroxylation sites is 1. The summed E-state index contributed by atoms with van der Waals surface area (Å²) < 4.78 is 33.9. The molecule has 2 aromatic carbocycles. The molecule has 0 bridgehead atoms. The van der Waals surface area contributed by atoms with E-state index in [4.69, 9.17) is 20.2 Å². The van der Waals surface area contributed by atoms with Gasteiger partial charge in [-0.2, -0.15) is 14.8 Å². The predicted molar refractivity (Wildman–Crippen MR) is 157 cm³/mol.